The number of nitrogens with one attached hydrogen (secondary N) is 1. The Labute approximate surface area is 111 Å². The Hall–Kier alpha value is -0.780. The summed E-state index contributed by atoms with van der Waals surface area (Å²) in [5.41, 5.74) is 0. The number of rotatable bonds is 5. The monoisotopic (exact) mass is 281 g/mol. The molecule has 0 saturated heterocycles. The summed E-state index contributed by atoms with van der Waals surface area (Å²) in [6.07, 6.45) is -2.77. The molecule has 1 saturated carbocycles. The smallest absolute Gasteiger partial charge is 0.391 e. The molecule has 0 aliphatic heterocycles. The number of alkyl halides is 3. The Morgan fingerprint density at radius 1 is 1.32 bits per heavy atom. The first-order chi connectivity index (χ1) is 8.84. The van der Waals surface area contributed by atoms with Gasteiger partial charge in [-0.3, -0.25) is 4.79 Å². The van der Waals surface area contributed by atoms with Crippen molar-refractivity contribution in [1.29, 1.82) is 0 Å². The van der Waals surface area contributed by atoms with Crippen LogP contribution in [-0.2, 0) is 4.79 Å². The van der Waals surface area contributed by atoms with Crippen molar-refractivity contribution < 1.29 is 23.1 Å². The van der Waals surface area contributed by atoms with Gasteiger partial charge in [0.05, 0.1) is 12.0 Å². The number of carbonyl (C=O) groups is 1. The zero-order valence-electron chi connectivity index (χ0n) is 11.2. The molecule has 0 aromatic carbocycles. The van der Waals surface area contributed by atoms with Gasteiger partial charge in [0.15, 0.2) is 0 Å². The number of amides is 1. The molecule has 0 aromatic heterocycles. The van der Waals surface area contributed by atoms with Crippen LogP contribution in [-0.4, -0.2) is 29.8 Å². The van der Waals surface area contributed by atoms with Crippen molar-refractivity contribution in [3.05, 3.63) is 0 Å². The van der Waals surface area contributed by atoms with Crippen LogP contribution in [0.25, 0.3) is 0 Å². The minimum Gasteiger partial charge on any atom is -0.393 e. The lowest BCUT2D eigenvalue weighted by molar-refractivity contribution is -0.184. The molecule has 0 bridgehead atoms. The Morgan fingerprint density at radius 2 is 1.89 bits per heavy atom. The summed E-state index contributed by atoms with van der Waals surface area (Å²) in [6.45, 7) is 2.23. The average Bonchev–Trinajstić information content (AvgIpc) is 2.37. The van der Waals surface area contributed by atoms with E-state index in [1.54, 1.807) is 0 Å². The lowest BCUT2D eigenvalue weighted by Crippen LogP contribution is -2.37. The van der Waals surface area contributed by atoms with Crippen LogP contribution in [0.3, 0.4) is 0 Å². The van der Waals surface area contributed by atoms with Gasteiger partial charge in [0, 0.05) is 12.5 Å². The summed E-state index contributed by atoms with van der Waals surface area (Å²) in [7, 11) is 0. The van der Waals surface area contributed by atoms with Crippen LogP contribution >= 0.6 is 0 Å². The molecule has 1 aliphatic carbocycles. The Bertz CT molecular complexity index is 286. The average molecular weight is 281 g/mol. The third-order valence-corrected chi connectivity index (χ3v) is 3.81. The van der Waals surface area contributed by atoms with E-state index in [2.05, 4.69) is 5.32 Å². The lowest BCUT2D eigenvalue weighted by Gasteiger charge is -2.29. The first kappa shape index (κ1) is 16.3. The van der Waals surface area contributed by atoms with E-state index < -0.39 is 18.2 Å². The highest BCUT2D eigenvalue weighted by Gasteiger charge is 2.42. The lowest BCUT2D eigenvalue weighted by atomic mass is 9.81. The molecule has 2 N–H and O–H groups in total. The predicted octanol–water partition coefficient (Wildman–Crippen LogP) is 2.63. The Balaban J connectivity index is 2.25. The maximum atomic E-state index is 12.5. The molecular formula is C13H22F3NO2. The Morgan fingerprint density at radius 3 is 2.37 bits per heavy atom. The van der Waals surface area contributed by atoms with Crippen molar-refractivity contribution in [2.75, 3.05) is 6.54 Å². The maximum absolute atomic E-state index is 12.5. The minimum atomic E-state index is -4.13. The van der Waals surface area contributed by atoms with E-state index in [1.165, 1.54) is 0 Å². The normalized spacial score (nSPS) is 25.9. The van der Waals surface area contributed by atoms with Gasteiger partial charge in [-0.05, 0) is 38.5 Å². The van der Waals surface area contributed by atoms with Crippen LogP contribution in [0.2, 0.25) is 0 Å². The number of aliphatic hydroxyl groups excluding tert-OH is 1. The number of halogens is 3. The van der Waals surface area contributed by atoms with Gasteiger partial charge in [0.1, 0.15) is 0 Å². The summed E-state index contributed by atoms with van der Waals surface area (Å²) >= 11 is 0. The second kappa shape index (κ2) is 7.12. The van der Waals surface area contributed by atoms with Crippen LogP contribution in [0.5, 0.6) is 0 Å². The number of carbonyl (C=O) groups excluding carboxylic acids is 1. The molecule has 1 aliphatic rings. The van der Waals surface area contributed by atoms with Gasteiger partial charge in [0.2, 0.25) is 5.91 Å². The van der Waals surface area contributed by atoms with E-state index in [0.29, 0.717) is 32.2 Å². The quantitative estimate of drug-likeness (QED) is 0.814. The van der Waals surface area contributed by atoms with Crippen LogP contribution in [0.1, 0.15) is 45.4 Å². The largest absolute Gasteiger partial charge is 0.393 e. The summed E-state index contributed by atoms with van der Waals surface area (Å²) in [4.78, 5) is 11.8. The molecular weight excluding hydrogens is 259 g/mol. The van der Waals surface area contributed by atoms with Gasteiger partial charge in [-0.15, -0.1) is 0 Å². The van der Waals surface area contributed by atoms with E-state index in [-0.39, 0.29) is 24.7 Å². The van der Waals surface area contributed by atoms with E-state index in [4.69, 9.17) is 0 Å². The molecule has 1 atom stereocenters. The third-order valence-electron chi connectivity index (χ3n) is 3.81. The van der Waals surface area contributed by atoms with Crippen LogP contribution in [0, 0.1) is 11.8 Å². The van der Waals surface area contributed by atoms with Crippen molar-refractivity contribution in [2.24, 2.45) is 11.8 Å². The fraction of sp³-hybridized carbons (Fsp3) is 0.923. The second-order valence-electron chi connectivity index (χ2n) is 5.23. The topological polar surface area (TPSA) is 49.3 Å². The fourth-order valence-corrected chi connectivity index (χ4v) is 2.39. The molecule has 1 unspecified atom stereocenters. The zero-order chi connectivity index (χ0) is 14.5. The van der Waals surface area contributed by atoms with Gasteiger partial charge in [0.25, 0.3) is 0 Å². The third kappa shape index (κ3) is 5.38. The van der Waals surface area contributed by atoms with Gasteiger partial charge in [-0.25, -0.2) is 0 Å². The first-order valence-corrected chi connectivity index (χ1v) is 6.87. The predicted molar refractivity (Wildman–Crippen MR) is 65.4 cm³/mol. The zero-order valence-corrected chi connectivity index (χ0v) is 11.2. The van der Waals surface area contributed by atoms with Crippen LogP contribution < -0.4 is 5.32 Å². The van der Waals surface area contributed by atoms with Crippen molar-refractivity contribution in [3.63, 3.8) is 0 Å². The highest BCUT2D eigenvalue weighted by molar-refractivity contribution is 5.78. The van der Waals surface area contributed by atoms with Crippen molar-refractivity contribution in [2.45, 2.75) is 57.7 Å². The van der Waals surface area contributed by atoms with Gasteiger partial charge >= 0.3 is 6.18 Å². The second-order valence-corrected chi connectivity index (χ2v) is 5.23. The van der Waals surface area contributed by atoms with Crippen LogP contribution in [0.15, 0.2) is 0 Å². The van der Waals surface area contributed by atoms with E-state index in [9.17, 15) is 23.1 Å². The molecule has 0 aromatic rings. The maximum Gasteiger partial charge on any atom is 0.391 e. The van der Waals surface area contributed by atoms with E-state index >= 15 is 0 Å². The molecule has 0 radical (unpaired) electrons. The molecule has 1 rings (SSSR count). The van der Waals surface area contributed by atoms with Gasteiger partial charge < -0.3 is 10.4 Å². The van der Waals surface area contributed by atoms with E-state index in [1.807, 2.05) is 6.92 Å². The molecule has 0 heterocycles. The van der Waals surface area contributed by atoms with Gasteiger partial charge in [-0.2, -0.15) is 13.2 Å². The molecule has 0 spiro atoms. The highest BCUT2D eigenvalue weighted by atomic mass is 19.4. The summed E-state index contributed by atoms with van der Waals surface area (Å²) in [6, 6.07) is 0. The molecule has 19 heavy (non-hydrogen) atoms. The summed E-state index contributed by atoms with van der Waals surface area (Å²) in [5, 5.41) is 12.0. The number of hydrogen-bond donors (Lipinski definition) is 2. The molecule has 3 nitrogen and oxygen atoms in total. The molecule has 6 heteroatoms. The van der Waals surface area contributed by atoms with Crippen molar-refractivity contribution >= 4 is 5.91 Å². The number of aliphatic hydroxyl groups is 1. The van der Waals surface area contributed by atoms with Crippen LogP contribution in [0.4, 0.5) is 13.2 Å². The molecule has 112 valence electrons. The minimum absolute atomic E-state index is 0.0408. The first-order valence-electron chi connectivity index (χ1n) is 6.87. The summed E-state index contributed by atoms with van der Waals surface area (Å²) < 4.78 is 37.4. The van der Waals surface area contributed by atoms with Crippen molar-refractivity contribution in [3.8, 4) is 0 Å². The van der Waals surface area contributed by atoms with Gasteiger partial charge in [-0.1, -0.05) is 6.92 Å². The molecule has 1 fully saturated rings. The molecule has 1 amide bonds. The summed E-state index contributed by atoms with van der Waals surface area (Å²) in [5.74, 6) is -1.74. The van der Waals surface area contributed by atoms with E-state index in [0.717, 1.165) is 0 Å². The SMILES string of the molecule is CCC(O)CCNC(=O)C1CCC(C(F)(F)F)CC1. The Kier molecular flexibility index (Phi) is 6.10. The van der Waals surface area contributed by atoms with Crippen molar-refractivity contribution in [1.82, 2.24) is 5.32 Å². The fourth-order valence-electron chi connectivity index (χ4n) is 2.39. The standard InChI is InChI=1S/C13H22F3NO2/c1-2-11(18)7-8-17-12(19)9-3-5-10(6-4-9)13(14,15)16/h9-11,18H,2-8H2,1H3,(H,17,19). The highest BCUT2D eigenvalue weighted by Crippen LogP contribution is 2.39. The number of hydrogen-bond acceptors (Lipinski definition) is 2.